The van der Waals surface area contributed by atoms with Crippen LogP contribution < -0.4 is 9.47 Å². The number of ether oxygens (including phenoxy) is 2. The first-order chi connectivity index (χ1) is 16.7. The largest absolute Gasteiger partial charge is 0.493 e. The maximum atomic E-state index is 13.4. The van der Waals surface area contributed by atoms with E-state index in [0.717, 1.165) is 22.4 Å². The fourth-order valence-corrected chi connectivity index (χ4v) is 5.24. The van der Waals surface area contributed by atoms with E-state index in [-0.39, 0.29) is 11.9 Å². The number of nitrogens with zero attached hydrogens (tertiary/aromatic N) is 3. The summed E-state index contributed by atoms with van der Waals surface area (Å²) in [5, 5.41) is 6.10. The summed E-state index contributed by atoms with van der Waals surface area (Å²) in [7, 11) is 3.27. The molecule has 1 aliphatic rings. The highest BCUT2D eigenvalue weighted by atomic mass is 32.1. The summed E-state index contributed by atoms with van der Waals surface area (Å²) < 4.78 is 16.5. The second-order valence-electron chi connectivity index (χ2n) is 8.04. The molecule has 0 aliphatic carbocycles. The van der Waals surface area contributed by atoms with Gasteiger partial charge in [0.15, 0.2) is 11.5 Å². The van der Waals surface area contributed by atoms with Crippen LogP contribution in [0.1, 0.15) is 34.4 Å². The van der Waals surface area contributed by atoms with Crippen molar-refractivity contribution in [2.24, 2.45) is 0 Å². The van der Waals surface area contributed by atoms with E-state index < -0.39 is 0 Å². The molecule has 2 aromatic heterocycles. The van der Waals surface area contributed by atoms with Crippen LogP contribution in [0, 0.1) is 0 Å². The highest BCUT2D eigenvalue weighted by Crippen LogP contribution is 2.42. The van der Waals surface area contributed by atoms with Gasteiger partial charge < -0.3 is 18.9 Å². The third kappa shape index (κ3) is 4.28. The predicted molar refractivity (Wildman–Crippen MR) is 129 cm³/mol. The van der Waals surface area contributed by atoms with E-state index in [0.29, 0.717) is 42.6 Å². The molecule has 2 aromatic carbocycles. The number of hydrogen-bond acceptors (Lipinski definition) is 7. The summed E-state index contributed by atoms with van der Waals surface area (Å²) in [5.74, 6) is 2.42. The Labute approximate surface area is 201 Å². The average molecular weight is 476 g/mol. The van der Waals surface area contributed by atoms with Gasteiger partial charge in [0.05, 0.1) is 20.3 Å². The van der Waals surface area contributed by atoms with Crippen LogP contribution in [0.2, 0.25) is 0 Å². The first-order valence-corrected chi connectivity index (χ1v) is 12.0. The van der Waals surface area contributed by atoms with Crippen molar-refractivity contribution in [2.45, 2.75) is 25.3 Å². The molecule has 3 heterocycles. The highest BCUT2D eigenvalue weighted by molar-refractivity contribution is 7.10. The summed E-state index contributed by atoms with van der Waals surface area (Å²) in [6.07, 6.45) is 1.44. The summed E-state index contributed by atoms with van der Waals surface area (Å²) >= 11 is 1.65. The number of fused-ring (bicyclic) bond motifs is 1. The second kappa shape index (κ2) is 9.69. The molecule has 7 nitrogen and oxygen atoms in total. The number of aryl methyl sites for hydroxylation is 1. The van der Waals surface area contributed by atoms with Crippen LogP contribution in [0.25, 0.3) is 11.4 Å². The Hall–Kier alpha value is -3.65. The van der Waals surface area contributed by atoms with E-state index >= 15 is 0 Å². The highest BCUT2D eigenvalue weighted by Gasteiger charge is 2.34. The fraction of sp³-hybridized carbons (Fsp3) is 0.269. The van der Waals surface area contributed by atoms with Crippen LogP contribution in [-0.2, 0) is 17.6 Å². The van der Waals surface area contributed by atoms with Gasteiger partial charge in [-0.2, -0.15) is 4.98 Å². The lowest BCUT2D eigenvalue weighted by atomic mass is 9.90. The third-order valence-electron chi connectivity index (χ3n) is 6.06. The Morgan fingerprint density at radius 1 is 1.12 bits per heavy atom. The van der Waals surface area contributed by atoms with Crippen molar-refractivity contribution >= 4 is 17.2 Å². The Morgan fingerprint density at radius 2 is 1.91 bits per heavy atom. The van der Waals surface area contributed by atoms with Gasteiger partial charge in [-0.3, -0.25) is 4.79 Å². The van der Waals surface area contributed by atoms with E-state index in [1.165, 1.54) is 5.56 Å². The van der Waals surface area contributed by atoms with Crippen molar-refractivity contribution in [3.8, 4) is 22.9 Å². The molecular weight excluding hydrogens is 450 g/mol. The van der Waals surface area contributed by atoms with E-state index in [4.69, 9.17) is 14.0 Å². The standard InChI is InChI=1S/C26H25N3O4S/c1-31-20-15-18-12-13-29(25(22-9-6-14-34-22)19(18)16-21(20)32-2)24(30)11-10-23-27-26(28-33-23)17-7-4-3-5-8-17/h3-9,14-16,25H,10-13H2,1-2H3. The number of rotatable bonds is 7. The Bertz CT molecular complexity index is 1270. The maximum Gasteiger partial charge on any atom is 0.227 e. The lowest BCUT2D eigenvalue weighted by Gasteiger charge is -2.37. The number of thiophene rings is 1. The Kier molecular flexibility index (Phi) is 6.31. The lowest BCUT2D eigenvalue weighted by molar-refractivity contribution is -0.133. The van der Waals surface area contributed by atoms with Crippen LogP contribution in [0.15, 0.2) is 64.5 Å². The van der Waals surface area contributed by atoms with Crippen LogP contribution in [0.4, 0.5) is 0 Å². The summed E-state index contributed by atoms with van der Waals surface area (Å²) in [6.45, 7) is 0.628. The van der Waals surface area contributed by atoms with Gasteiger partial charge in [0.2, 0.25) is 17.6 Å². The second-order valence-corrected chi connectivity index (χ2v) is 9.02. The molecule has 0 fully saturated rings. The van der Waals surface area contributed by atoms with Gasteiger partial charge in [-0.15, -0.1) is 11.3 Å². The predicted octanol–water partition coefficient (Wildman–Crippen LogP) is 4.92. The molecule has 1 unspecified atom stereocenters. The van der Waals surface area contributed by atoms with Gasteiger partial charge in [-0.1, -0.05) is 41.6 Å². The molecule has 1 amide bonds. The van der Waals surface area contributed by atoms with Crippen LogP contribution in [-0.4, -0.2) is 41.7 Å². The van der Waals surface area contributed by atoms with Gasteiger partial charge in [-0.05, 0) is 41.1 Å². The van der Waals surface area contributed by atoms with Gasteiger partial charge in [0.1, 0.15) is 0 Å². The number of aromatic nitrogens is 2. The number of benzene rings is 2. The number of hydrogen-bond donors (Lipinski definition) is 0. The zero-order valence-electron chi connectivity index (χ0n) is 19.1. The van der Waals surface area contributed by atoms with E-state index in [1.54, 1.807) is 25.6 Å². The molecule has 0 radical (unpaired) electrons. The number of carbonyl (C=O) groups is 1. The van der Waals surface area contributed by atoms with Crippen molar-refractivity contribution in [1.82, 2.24) is 15.0 Å². The van der Waals surface area contributed by atoms with Crippen LogP contribution in [0.5, 0.6) is 11.5 Å². The molecule has 0 saturated carbocycles. The van der Waals surface area contributed by atoms with Gasteiger partial charge >= 0.3 is 0 Å². The first kappa shape index (κ1) is 22.2. The molecule has 34 heavy (non-hydrogen) atoms. The third-order valence-corrected chi connectivity index (χ3v) is 6.98. The summed E-state index contributed by atoms with van der Waals surface area (Å²) in [5.41, 5.74) is 3.13. The first-order valence-electron chi connectivity index (χ1n) is 11.1. The van der Waals surface area contributed by atoms with Crippen molar-refractivity contribution in [1.29, 1.82) is 0 Å². The SMILES string of the molecule is COc1cc2c(cc1OC)C(c1cccs1)N(C(=O)CCc1nc(-c3ccccc3)no1)CC2. The molecule has 1 aliphatic heterocycles. The van der Waals surface area contributed by atoms with Gasteiger partial charge in [0.25, 0.3) is 0 Å². The number of methoxy groups -OCH3 is 2. The van der Waals surface area contributed by atoms with Crippen LogP contribution >= 0.6 is 11.3 Å². The maximum absolute atomic E-state index is 13.4. The molecule has 1 atom stereocenters. The zero-order chi connectivity index (χ0) is 23.5. The number of amides is 1. The van der Waals surface area contributed by atoms with Crippen molar-refractivity contribution < 1.29 is 18.8 Å². The van der Waals surface area contributed by atoms with Crippen molar-refractivity contribution in [2.75, 3.05) is 20.8 Å². The van der Waals surface area contributed by atoms with Crippen molar-refractivity contribution in [3.63, 3.8) is 0 Å². The summed E-state index contributed by atoms with van der Waals surface area (Å²) in [6, 6.07) is 17.6. The minimum atomic E-state index is -0.168. The van der Waals surface area contributed by atoms with Gasteiger partial charge in [-0.25, -0.2) is 0 Å². The van der Waals surface area contributed by atoms with E-state index in [2.05, 4.69) is 16.2 Å². The fourth-order valence-electron chi connectivity index (χ4n) is 4.39. The zero-order valence-corrected chi connectivity index (χ0v) is 19.9. The lowest BCUT2D eigenvalue weighted by Crippen LogP contribution is -2.40. The minimum absolute atomic E-state index is 0.0540. The normalized spacial score (nSPS) is 15.1. The molecule has 4 aromatic rings. The van der Waals surface area contributed by atoms with Crippen molar-refractivity contribution in [3.05, 3.63) is 81.9 Å². The molecule has 0 N–H and O–H groups in total. The monoisotopic (exact) mass is 475 g/mol. The Morgan fingerprint density at radius 3 is 2.65 bits per heavy atom. The van der Waals surface area contributed by atoms with Gasteiger partial charge in [0, 0.05) is 29.8 Å². The quantitative estimate of drug-likeness (QED) is 0.378. The van der Waals surface area contributed by atoms with E-state index in [1.807, 2.05) is 58.8 Å². The number of carbonyl (C=O) groups excluding carboxylic acids is 1. The van der Waals surface area contributed by atoms with E-state index in [9.17, 15) is 4.79 Å². The smallest absolute Gasteiger partial charge is 0.227 e. The summed E-state index contributed by atoms with van der Waals surface area (Å²) in [4.78, 5) is 21.0. The molecule has 0 spiro atoms. The average Bonchev–Trinajstić information content (AvgIpc) is 3.59. The molecule has 0 bridgehead atoms. The topological polar surface area (TPSA) is 77.7 Å². The molecule has 5 rings (SSSR count). The molecule has 174 valence electrons. The minimum Gasteiger partial charge on any atom is -0.493 e. The molecule has 8 heteroatoms. The molecular formula is C26H25N3O4S. The van der Waals surface area contributed by atoms with Crippen LogP contribution in [0.3, 0.4) is 0 Å². The molecule has 0 saturated heterocycles. The Balaban J connectivity index is 1.37.